The molecule has 0 bridgehead atoms. The molecule has 2 saturated heterocycles. The van der Waals surface area contributed by atoms with Crippen LogP contribution in [0, 0.1) is 11.6 Å². The van der Waals surface area contributed by atoms with Crippen molar-refractivity contribution in [2.24, 2.45) is 9.98 Å². The van der Waals surface area contributed by atoms with Gasteiger partial charge in [0.15, 0.2) is 33.9 Å². The Morgan fingerprint density at radius 1 is 0.662 bits per heavy atom. The van der Waals surface area contributed by atoms with Crippen molar-refractivity contribution in [2.45, 2.75) is 61.8 Å². The minimum absolute atomic E-state index is 0.0450. The summed E-state index contributed by atoms with van der Waals surface area (Å²) in [5.41, 5.74) is 0.0263. The van der Waals surface area contributed by atoms with Gasteiger partial charge in [0.25, 0.3) is 23.7 Å². The number of hydrogen-bond acceptors (Lipinski definition) is 18. The predicted molar refractivity (Wildman–Crippen MR) is 269 cm³/mol. The lowest BCUT2D eigenvalue weighted by Gasteiger charge is -2.43. The number of esters is 2. The minimum Gasteiger partial charge on any atom is -0.480 e. The molecule has 2 aromatic heterocycles. The summed E-state index contributed by atoms with van der Waals surface area (Å²) in [7, 11) is 0. The van der Waals surface area contributed by atoms with Crippen molar-refractivity contribution >= 4 is 85.8 Å². The highest BCUT2D eigenvalue weighted by molar-refractivity contribution is 9.10. The van der Waals surface area contributed by atoms with Gasteiger partial charge in [-0.25, -0.2) is 73.1 Å². The molecule has 2 atom stereocenters. The number of thiazole rings is 2. The molecule has 2 aromatic carbocycles. The van der Waals surface area contributed by atoms with Gasteiger partial charge in [-0.05, 0) is 43.7 Å². The highest BCUT2D eigenvalue weighted by atomic mass is 79.9. The van der Waals surface area contributed by atoms with Gasteiger partial charge < -0.3 is 39.8 Å². The quantitative estimate of drug-likeness (QED) is 0.0548. The maximum atomic E-state index is 14.9. The number of rotatable bonds is 18. The second kappa shape index (κ2) is 25.4. The normalized spacial score (nSPS) is 21.1. The van der Waals surface area contributed by atoms with E-state index < -0.39 is 136 Å². The zero-order valence-corrected chi connectivity index (χ0v) is 45.3. The maximum absolute atomic E-state index is 14.9. The average Bonchev–Trinajstić information content (AvgIpc) is 4.12. The lowest BCUT2D eigenvalue weighted by Crippen LogP contribution is -2.64. The topological polar surface area (TPSA) is 227 Å². The largest absolute Gasteiger partial charge is 0.480 e. The fourth-order valence-electron chi connectivity index (χ4n) is 8.86. The molecule has 0 radical (unpaired) electrons. The Hall–Kier alpha value is -6.09. The molecular weight excluding hydrogens is 1220 g/mol. The number of carboxylic acid groups (broad SMARTS) is 2. The predicted octanol–water partition coefficient (Wildman–Crippen LogP) is 7.91. The summed E-state index contributed by atoms with van der Waals surface area (Å²) in [4.78, 5) is 66.7. The first-order valence-corrected chi connectivity index (χ1v) is 26.4. The monoisotopic (exact) mass is 1260 g/mol. The summed E-state index contributed by atoms with van der Waals surface area (Å²) in [6.45, 7) is -5.84. The van der Waals surface area contributed by atoms with Crippen LogP contribution < -0.4 is 10.6 Å². The fraction of sp³-hybridized carbons (Fsp3) is 0.417. The van der Waals surface area contributed by atoms with Crippen LogP contribution in [0.25, 0.3) is 0 Å². The van der Waals surface area contributed by atoms with E-state index in [-0.39, 0.29) is 62.5 Å². The summed E-state index contributed by atoms with van der Waals surface area (Å²) in [5.74, 6) is -22.7. The van der Waals surface area contributed by atoms with E-state index >= 15 is 0 Å². The number of amidine groups is 2. The lowest BCUT2D eigenvalue weighted by molar-refractivity contribution is -0.268. The number of carboxylic acids is 2. The molecule has 2 fully saturated rings. The van der Waals surface area contributed by atoms with Gasteiger partial charge in [-0.15, -0.1) is 22.7 Å². The van der Waals surface area contributed by atoms with Gasteiger partial charge in [0.2, 0.25) is 0 Å². The number of halogens is 12. The molecule has 0 aliphatic carbocycles. The zero-order chi connectivity index (χ0) is 58.5. The van der Waals surface area contributed by atoms with Crippen molar-refractivity contribution < 1.29 is 92.2 Å². The SMILES string of the molecule is CCOC(=O)C1=C(CN2CC(F)(F)C(OCC(=O)O)C(F)(F)C2)NC(c2nccs2)=NC1c1ccc(F)cc1Cl.CCOC(=O)C1=C(CN2CC(F)(F)C(OCC(=O)O)C(F)(F)C2)NC(c2nccs2)=N[C@H]1c1ccc(F)cc1Br. The third-order valence-corrected chi connectivity index (χ3v) is 14.4. The van der Waals surface area contributed by atoms with Crippen molar-refractivity contribution in [3.05, 3.63) is 124 Å². The van der Waals surface area contributed by atoms with E-state index in [9.17, 15) is 63.1 Å². The van der Waals surface area contributed by atoms with Crippen molar-refractivity contribution in [3.8, 4) is 0 Å². The Morgan fingerprint density at radius 2 is 1.05 bits per heavy atom. The Morgan fingerprint density at radius 3 is 1.40 bits per heavy atom. The second-order valence-corrected chi connectivity index (χ2v) is 20.8. The van der Waals surface area contributed by atoms with Crippen molar-refractivity contribution in [1.82, 2.24) is 30.4 Å². The number of ether oxygens (including phenoxy) is 4. The number of nitrogens with zero attached hydrogens (tertiary/aromatic N) is 6. The van der Waals surface area contributed by atoms with E-state index in [1.807, 2.05) is 0 Å². The average molecular weight is 1260 g/mol. The number of likely N-dealkylation sites (tertiary alicyclic amines) is 2. The lowest BCUT2D eigenvalue weighted by atomic mass is 9.94. The molecule has 6 heterocycles. The molecule has 4 N–H and O–H groups in total. The Bertz CT molecular complexity index is 2850. The number of carbonyl (C=O) groups is 4. The molecule has 4 aliphatic rings. The number of alkyl halides is 8. The van der Waals surface area contributed by atoms with E-state index in [1.54, 1.807) is 17.7 Å². The summed E-state index contributed by atoms with van der Waals surface area (Å²) in [6, 6.07) is 4.70. The van der Waals surface area contributed by atoms with E-state index in [0.717, 1.165) is 40.5 Å². The molecule has 32 heteroatoms. The molecule has 1 unspecified atom stereocenters. The Kier molecular flexibility index (Phi) is 19.5. The number of carbonyl (C=O) groups excluding carboxylic acids is 2. The van der Waals surface area contributed by atoms with Crippen LogP contribution in [0.15, 0.2) is 96.5 Å². The number of aliphatic imine (C=N–C) groups is 2. The standard InChI is InChI=1S/C24H22BrF5N4O5S.C24H22ClF5N4O5S/c2*1-2-38-21(37)17-15(8-34-10-23(27,28)22(24(29,30)11-34)39-9-16(35)36)32-19(20-31-5-6-40-20)33-18(17)13-4-3-12(26)7-14(13)25/h2*3-7,18,22H,2,8-11H2,1H3,(H,32,33)(H,35,36)/t18-;/m0./s1. The van der Waals surface area contributed by atoms with Crippen LogP contribution in [0.1, 0.15) is 47.1 Å². The molecule has 8 rings (SSSR count). The molecule has 18 nitrogen and oxygen atoms in total. The van der Waals surface area contributed by atoms with Crippen LogP contribution >= 0.6 is 50.2 Å². The number of nitrogens with one attached hydrogen (secondary N) is 2. The highest BCUT2D eigenvalue weighted by Crippen LogP contribution is 2.44. The van der Waals surface area contributed by atoms with Gasteiger partial charge in [-0.2, -0.15) is 0 Å². The van der Waals surface area contributed by atoms with Gasteiger partial charge in [0, 0.05) is 62.7 Å². The zero-order valence-electron chi connectivity index (χ0n) is 41.3. The van der Waals surface area contributed by atoms with E-state index in [0.29, 0.717) is 20.5 Å². The Balaban J connectivity index is 0.000000231. The first-order chi connectivity index (χ1) is 37.6. The van der Waals surface area contributed by atoms with Gasteiger partial charge in [0.1, 0.15) is 36.9 Å². The third-order valence-electron chi connectivity index (χ3n) is 11.8. The van der Waals surface area contributed by atoms with Crippen LogP contribution in [0.4, 0.5) is 43.9 Å². The smallest absolute Gasteiger partial charge is 0.338 e. The molecule has 0 saturated carbocycles. The molecule has 4 aromatic rings. The van der Waals surface area contributed by atoms with Crippen LogP contribution in [0.2, 0.25) is 5.02 Å². The first-order valence-electron chi connectivity index (χ1n) is 23.5. The maximum Gasteiger partial charge on any atom is 0.338 e. The van der Waals surface area contributed by atoms with E-state index in [2.05, 4.69) is 56.0 Å². The first kappa shape index (κ1) is 61.5. The van der Waals surface area contributed by atoms with E-state index in [1.165, 1.54) is 42.8 Å². The Labute approximate surface area is 468 Å². The van der Waals surface area contributed by atoms with Crippen molar-refractivity contribution in [1.29, 1.82) is 0 Å². The van der Waals surface area contributed by atoms with Crippen molar-refractivity contribution in [2.75, 3.05) is 65.7 Å². The fourth-order valence-corrected chi connectivity index (χ4v) is 10.9. The summed E-state index contributed by atoms with van der Waals surface area (Å²) in [5, 5.41) is 27.0. The summed E-state index contributed by atoms with van der Waals surface area (Å²) in [6.07, 6.45) is -2.97. The third kappa shape index (κ3) is 14.5. The number of benzene rings is 2. The van der Waals surface area contributed by atoms with Gasteiger partial charge >= 0.3 is 23.9 Å². The van der Waals surface area contributed by atoms with Crippen LogP contribution in [0.3, 0.4) is 0 Å². The van der Waals surface area contributed by atoms with Gasteiger partial charge in [0.05, 0.1) is 50.5 Å². The molecule has 4 aliphatic heterocycles. The molecule has 80 heavy (non-hydrogen) atoms. The van der Waals surface area contributed by atoms with Crippen molar-refractivity contribution in [3.63, 3.8) is 0 Å². The number of piperidine rings is 2. The molecule has 432 valence electrons. The highest BCUT2D eigenvalue weighted by Gasteiger charge is 2.62. The van der Waals surface area contributed by atoms with Crippen LogP contribution in [-0.4, -0.2) is 167 Å². The molecular formula is C48H44BrClF10N8O10S2. The minimum atomic E-state index is -4.15. The van der Waals surface area contributed by atoms with E-state index in [4.69, 9.17) is 31.3 Å². The van der Waals surface area contributed by atoms with Crippen LogP contribution in [0.5, 0.6) is 0 Å². The number of aliphatic carboxylic acids is 2. The van der Waals surface area contributed by atoms with Gasteiger partial charge in [-0.1, -0.05) is 39.7 Å². The number of hydrogen-bond donors (Lipinski definition) is 4. The molecule has 0 spiro atoms. The van der Waals surface area contributed by atoms with Crippen LogP contribution in [-0.2, 0) is 38.1 Å². The number of aromatic nitrogens is 2. The second-order valence-electron chi connectivity index (χ2n) is 17.7. The summed E-state index contributed by atoms with van der Waals surface area (Å²) < 4.78 is 166. The van der Waals surface area contributed by atoms with Gasteiger partial charge in [-0.3, -0.25) is 19.8 Å². The molecule has 0 amide bonds. The summed E-state index contributed by atoms with van der Waals surface area (Å²) >= 11 is 11.9.